The first-order valence-electron chi connectivity index (χ1n) is 7.90. The molecule has 0 radical (unpaired) electrons. The lowest BCUT2D eigenvalue weighted by Gasteiger charge is -2.34. The summed E-state index contributed by atoms with van der Waals surface area (Å²) in [5.41, 5.74) is 1.38. The molecule has 25 heavy (non-hydrogen) atoms. The Balaban J connectivity index is 1.45. The molecule has 128 valence electrons. The van der Waals surface area contributed by atoms with Crippen LogP contribution in [0.25, 0.3) is 5.52 Å². The summed E-state index contributed by atoms with van der Waals surface area (Å²) in [4.78, 5) is 29.4. The van der Waals surface area contributed by atoms with Crippen molar-refractivity contribution in [2.75, 3.05) is 26.2 Å². The third-order valence-corrected chi connectivity index (χ3v) is 5.51. The Morgan fingerprint density at radius 1 is 1.00 bits per heavy atom. The largest absolute Gasteiger partial charge is 0.335 e. The summed E-state index contributed by atoms with van der Waals surface area (Å²) in [5, 5.41) is 4.21. The maximum Gasteiger partial charge on any atom is 0.264 e. The Labute approximate surface area is 153 Å². The zero-order valence-corrected chi connectivity index (χ0v) is 14.8. The third-order valence-electron chi connectivity index (χ3n) is 4.29. The van der Waals surface area contributed by atoms with E-state index in [1.807, 2.05) is 24.4 Å². The van der Waals surface area contributed by atoms with E-state index in [9.17, 15) is 9.59 Å². The number of hydrogen-bond acceptors (Lipinski definition) is 4. The van der Waals surface area contributed by atoms with Gasteiger partial charge in [-0.25, -0.2) is 4.52 Å². The van der Waals surface area contributed by atoms with Crippen LogP contribution in [0.5, 0.6) is 0 Å². The first-order chi connectivity index (χ1) is 12.1. The average Bonchev–Trinajstić information content (AvgIpc) is 3.27. The molecule has 6 nitrogen and oxygen atoms in total. The highest BCUT2D eigenvalue weighted by atomic mass is 35.5. The lowest BCUT2D eigenvalue weighted by Crippen LogP contribution is -2.50. The van der Waals surface area contributed by atoms with E-state index in [0.717, 1.165) is 5.52 Å². The minimum absolute atomic E-state index is 0.0278. The van der Waals surface area contributed by atoms with E-state index in [2.05, 4.69) is 5.10 Å². The van der Waals surface area contributed by atoms with Crippen LogP contribution in [0, 0.1) is 0 Å². The number of amides is 2. The molecule has 4 heterocycles. The number of hydrogen-bond donors (Lipinski definition) is 0. The number of rotatable bonds is 2. The van der Waals surface area contributed by atoms with Gasteiger partial charge in [-0.1, -0.05) is 17.7 Å². The van der Waals surface area contributed by atoms with E-state index in [-0.39, 0.29) is 11.8 Å². The van der Waals surface area contributed by atoms with Gasteiger partial charge in [0, 0.05) is 32.4 Å². The molecule has 3 aromatic rings. The SMILES string of the molecule is O=C(c1ccc(Cl)s1)N1CCN(C(=O)c2cnn3ccccc23)CC1. The van der Waals surface area contributed by atoms with Gasteiger partial charge < -0.3 is 9.80 Å². The quantitative estimate of drug-likeness (QED) is 0.693. The molecule has 1 aliphatic heterocycles. The molecule has 2 amide bonds. The highest BCUT2D eigenvalue weighted by Gasteiger charge is 2.27. The highest BCUT2D eigenvalue weighted by molar-refractivity contribution is 7.17. The fraction of sp³-hybridized carbons (Fsp3) is 0.235. The Morgan fingerprint density at radius 3 is 2.40 bits per heavy atom. The van der Waals surface area contributed by atoms with E-state index in [1.165, 1.54) is 11.3 Å². The lowest BCUT2D eigenvalue weighted by atomic mass is 10.2. The van der Waals surface area contributed by atoms with Crippen LogP contribution in [-0.2, 0) is 0 Å². The second-order valence-corrected chi connectivity index (χ2v) is 7.49. The monoisotopic (exact) mass is 374 g/mol. The molecule has 0 bridgehead atoms. The van der Waals surface area contributed by atoms with Crippen LogP contribution in [0.3, 0.4) is 0 Å². The third kappa shape index (κ3) is 3.01. The molecule has 0 aliphatic carbocycles. The van der Waals surface area contributed by atoms with Crippen LogP contribution >= 0.6 is 22.9 Å². The first-order valence-corrected chi connectivity index (χ1v) is 9.09. The Morgan fingerprint density at radius 2 is 1.72 bits per heavy atom. The second kappa shape index (κ2) is 6.50. The standard InChI is InChI=1S/C17H15ClN4O2S/c18-15-5-4-14(25-15)17(24)21-9-7-20(8-10-21)16(23)12-11-19-22-6-2-1-3-13(12)22/h1-6,11H,7-10H2. The summed E-state index contributed by atoms with van der Waals surface area (Å²) < 4.78 is 2.29. The number of carbonyl (C=O) groups is 2. The predicted molar refractivity (Wildman–Crippen MR) is 96.3 cm³/mol. The van der Waals surface area contributed by atoms with Gasteiger partial charge in [0.05, 0.1) is 26.5 Å². The molecule has 0 aromatic carbocycles. The smallest absolute Gasteiger partial charge is 0.264 e. The van der Waals surface area contributed by atoms with Crippen molar-refractivity contribution in [3.8, 4) is 0 Å². The Hall–Kier alpha value is -2.38. The predicted octanol–water partition coefficient (Wildman–Crippen LogP) is 2.65. The van der Waals surface area contributed by atoms with Crippen LogP contribution in [0.4, 0.5) is 0 Å². The van der Waals surface area contributed by atoms with Crippen molar-refractivity contribution in [2.24, 2.45) is 0 Å². The number of fused-ring (bicyclic) bond motifs is 1. The number of piperazine rings is 1. The molecule has 0 saturated carbocycles. The van der Waals surface area contributed by atoms with Crippen molar-refractivity contribution in [1.29, 1.82) is 0 Å². The van der Waals surface area contributed by atoms with Crippen molar-refractivity contribution in [3.05, 3.63) is 57.5 Å². The van der Waals surface area contributed by atoms with Gasteiger partial charge in [-0.15, -0.1) is 11.3 Å². The number of aromatic nitrogens is 2. The summed E-state index contributed by atoms with van der Waals surface area (Å²) >= 11 is 7.18. The lowest BCUT2D eigenvalue weighted by molar-refractivity contribution is 0.0539. The normalized spacial score (nSPS) is 14.9. The number of halogens is 1. The minimum Gasteiger partial charge on any atom is -0.335 e. The summed E-state index contributed by atoms with van der Waals surface area (Å²) in [6, 6.07) is 9.10. The minimum atomic E-state index is -0.0486. The van der Waals surface area contributed by atoms with Crippen molar-refractivity contribution in [3.63, 3.8) is 0 Å². The zero-order chi connectivity index (χ0) is 17.4. The van der Waals surface area contributed by atoms with E-state index < -0.39 is 0 Å². The van der Waals surface area contributed by atoms with Gasteiger partial charge in [0.1, 0.15) is 0 Å². The van der Waals surface area contributed by atoms with Crippen molar-refractivity contribution >= 4 is 40.3 Å². The van der Waals surface area contributed by atoms with Crippen LogP contribution in [0.1, 0.15) is 20.0 Å². The molecule has 0 N–H and O–H groups in total. The van der Waals surface area contributed by atoms with Gasteiger partial charge in [0.25, 0.3) is 11.8 Å². The summed E-state index contributed by atoms with van der Waals surface area (Å²) in [6.07, 6.45) is 3.41. The van der Waals surface area contributed by atoms with Gasteiger partial charge in [0.15, 0.2) is 0 Å². The molecule has 0 atom stereocenters. The van der Waals surface area contributed by atoms with Gasteiger partial charge in [-0.2, -0.15) is 5.10 Å². The Kier molecular flexibility index (Phi) is 4.19. The topological polar surface area (TPSA) is 57.9 Å². The second-order valence-electron chi connectivity index (χ2n) is 5.78. The molecule has 1 fully saturated rings. The number of pyridine rings is 1. The number of thiophene rings is 1. The van der Waals surface area contributed by atoms with Gasteiger partial charge >= 0.3 is 0 Å². The van der Waals surface area contributed by atoms with E-state index in [1.54, 1.807) is 32.6 Å². The van der Waals surface area contributed by atoms with Crippen LogP contribution in [0.15, 0.2) is 42.7 Å². The van der Waals surface area contributed by atoms with Crippen molar-refractivity contribution in [2.45, 2.75) is 0 Å². The van der Waals surface area contributed by atoms with E-state index >= 15 is 0 Å². The van der Waals surface area contributed by atoms with Gasteiger partial charge in [-0.05, 0) is 24.3 Å². The Bertz CT molecular complexity index is 943. The molecule has 1 saturated heterocycles. The fourth-order valence-electron chi connectivity index (χ4n) is 2.97. The molecule has 0 spiro atoms. The number of carbonyl (C=O) groups excluding carboxylic acids is 2. The van der Waals surface area contributed by atoms with Gasteiger partial charge in [0.2, 0.25) is 0 Å². The molecular formula is C17H15ClN4O2S. The van der Waals surface area contributed by atoms with E-state index in [0.29, 0.717) is 41.0 Å². The van der Waals surface area contributed by atoms with Crippen LogP contribution < -0.4 is 0 Å². The molecule has 1 aliphatic rings. The van der Waals surface area contributed by atoms with Crippen LogP contribution in [-0.4, -0.2) is 57.4 Å². The zero-order valence-electron chi connectivity index (χ0n) is 13.3. The average molecular weight is 375 g/mol. The number of nitrogens with zero attached hydrogens (tertiary/aromatic N) is 4. The van der Waals surface area contributed by atoms with Crippen molar-refractivity contribution < 1.29 is 9.59 Å². The summed E-state index contributed by atoms with van der Waals surface area (Å²) in [5.74, 6) is -0.0764. The maximum absolute atomic E-state index is 12.8. The summed E-state index contributed by atoms with van der Waals surface area (Å²) in [6.45, 7) is 2.04. The maximum atomic E-state index is 12.8. The first kappa shape index (κ1) is 16.1. The molecule has 8 heteroatoms. The van der Waals surface area contributed by atoms with Gasteiger partial charge in [-0.3, -0.25) is 9.59 Å². The van der Waals surface area contributed by atoms with E-state index in [4.69, 9.17) is 11.6 Å². The fourth-order valence-corrected chi connectivity index (χ4v) is 3.98. The molecule has 4 rings (SSSR count). The highest BCUT2D eigenvalue weighted by Crippen LogP contribution is 2.23. The summed E-state index contributed by atoms with van der Waals surface area (Å²) in [7, 11) is 0. The van der Waals surface area contributed by atoms with Crippen LogP contribution in [0.2, 0.25) is 4.34 Å². The molecule has 0 unspecified atom stereocenters. The van der Waals surface area contributed by atoms with Crippen molar-refractivity contribution in [1.82, 2.24) is 19.4 Å². The molecule has 3 aromatic heterocycles. The molecular weight excluding hydrogens is 360 g/mol.